The summed E-state index contributed by atoms with van der Waals surface area (Å²) in [6, 6.07) is -3.36. The molecule has 0 aliphatic rings. The molecule has 0 unspecified atom stereocenters. The van der Waals surface area contributed by atoms with E-state index in [1.807, 2.05) is 0 Å². The molecule has 10 heteroatoms. The van der Waals surface area contributed by atoms with E-state index in [4.69, 9.17) is 66.5 Å². The van der Waals surface area contributed by atoms with Crippen LogP contribution in [0.1, 0.15) is 12.8 Å². The van der Waals surface area contributed by atoms with Crippen LogP contribution in [-0.2, 0) is 0 Å². The summed E-state index contributed by atoms with van der Waals surface area (Å²) in [5.41, 5.74) is 0. The highest BCUT2D eigenvalue weighted by molar-refractivity contribution is 8.76. The smallest absolute Gasteiger partial charge is 0.126 e. The summed E-state index contributed by atoms with van der Waals surface area (Å²) in [7, 11) is 3.59. The summed E-state index contributed by atoms with van der Waals surface area (Å²) in [5.74, 6) is 2.02. The standard InChI is InChI=1S/C6H12Cl6S2Si2/c7-15(8,9)5-1-3-13-14-4-2-6-16(10,11)12/h1-6H2. The molecule has 0 saturated heterocycles. The van der Waals surface area contributed by atoms with Crippen molar-refractivity contribution in [3.8, 4) is 0 Å². The number of rotatable bonds is 9. The van der Waals surface area contributed by atoms with E-state index < -0.39 is 12.0 Å². The SMILES string of the molecule is Cl[Si](Cl)(Cl)CCCSSCCC[Si](Cl)(Cl)Cl. The first-order valence-electron chi connectivity index (χ1n) is 4.59. The zero-order chi connectivity index (χ0) is 12.7. The Hall–Kier alpha value is 2.87. The molecule has 0 aromatic carbocycles. The number of halogens is 6. The van der Waals surface area contributed by atoms with E-state index in [0.717, 1.165) is 36.4 Å². The Morgan fingerprint density at radius 3 is 1.19 bits per heavy atom. The summed E-state index contributed by atoms with van der Waals surface area (Å²) < 4.78 is 0. The van der Waals surface area contributed by atoms with E-state index in [-0.39, 0.29) is 0 Å². The quantitative estimate of drug-likeness (QED) is 0.183. The molecule has 0 atom stereocenters. The normalized spacial score (nSPS) is 13.1. The fourth-order valence-corrected chi connectivity index (χ4v) is 7.03. The Balaban J connectivity index is 3.17. The van der Waals surface area contributed by atoms with Crippen LogP contribution < -0.4 is 0 Å². The van der Waals surface area contributed by atoms with Gasteiger partial charge in [-0.25, -0.2) is 0 Å². The third-order valence-electron chi connectivity index (χ3n) is 1.46. The van der Waals surface area contributed by atoms with Gasteiger partial charge in [-0.1, -0.05) is 21.6 Å². The zero-order valence-corrected chi connectivity index (χ0v) is 16.5. The summed E-state index contributed by atoms with van der Waals surface area (Å²) in [6.45, 7) is 0. The van der Waals surface area contributed by atoms with Crippen LogP contribution in [0.3, 0.4) is 0 Å². The fraction of sp³-hybridized carbons (Fsp3) is 1.00. The lowest BCUT2D eigenvalue weighted by Gasteiger charge is -2.07. The Bertz CT molecular complexity index is 163. The molecule has 0 aromatic heterocycles. The van der Waals surface area contributed by atoms with Gasteiger partial charge < -0.3 is 0 Å². The predicted molar refractivity (Wildman–Crippen MR) is 90.4 cm³/mol. The zero-order valence-electron chi connectivity index (χ0n) is 8.33. The molecule has 98 valence electrons. The lowest BCUT2D eigenvalue weighted by molar-refractivity contribution is 1.09. The highest BCUT2D eigenvalue weighted by atomic mass is 35.8. The molecule has 0 rings (SSSR count). The summed E-state index contributed by atoms with van der Waals surface area (Å²) >= 11 is 34.6. The summed E-state index contributed by atoms with van der Waals surface area (Å²) in [5, 5.41) is 0. The van der Waals surface area contributed by atoms with Gasteiger partial charge in [-0.15, -0.1) is 66.5 Å². The molecule has 0 bridgehead atoms. The predicted octanol–water partition coefficient (Wildman–Crippen LogP) is 6.46. The first-order valence-corrected chi connectivity index (χ1v) is 17.6. The maximum atomic E-state index is 5.76. The minimum absolute atomic E-state index is 0.728. The van der Waals surface area contributed by atoms with Crippen LogP contribution in [0.4, 0.5) is 0 Å². The first kappa shape index (κ1) is 18.9. The van der Waals surface area contributed by atoms with Crippen LogP contribution in [-0.4, -0.2) is 23.5 Å². The van der Waals surface area contributed by atoms with E-state index in [9.17, 15) is 0 Å². The van der Waals surface area contributed by atoms with Crippen molar-refractivity contribution in [1.82, 2.24) is 0 Å². The molecule has 0 saturated carbocycles. The molecule has 0 amide bonds. The molecule has 0 N–H and O–H groups in total. The van der Waals surface area contributed by atoms with Gasteiger partial charge in [0.05, 0.1) is 0 Å². The molecule has 0 nitrogen and oxygen atoms in total. The van der Waals surface area contributed by atoms with Gasteiger partial charge in [-0.2, -0.15) is 0 Å². The molecule has 0 aliphatic carbocycles. The molecule has 16 heavy (non-hydrogen) atoms. The van der Waals surface area contributed by atoms with Gasteiger partial charge in [0.15, 0.2) is 0 Å². The Labute approximate surface area is 135 Å². The average molecular weight is 417 g/mol. The Kier molecular flexibility index (Phi) is 11.5. The Morgan fingerprint density at radius 1 is 0.625 bits per heavy atom. The third-order valence-corrected chi connectivity index (χ3v) is 9.28. The topological polar surface area (TPSA) is 0 Å². The van der Waals surface area contributed by atoms with Gasteiger partial charge in [0, 0.05) is 11.5 Å². The van der Waals surface area contributed by atoms with Crippen molar-refractivity contribution >= 4 is 100 Å². The minimum atomic E-state index is -2.41. The molecule has 0 radical (unpaired) electrons. The van der Waals surface area contributed by atoms with Gasteiger partial charge in [0.1, 0.15) is 0 Å². The largest absolute Gasteiger partial charge is 0.341 e. The van der Waals surface area contributed by atoms with E-state index in [1.165, 1.54) is 0 Å². The van der Waals surface area contributed by atoms with Crippen LogP contribution in [0.2, 0.25) is 12.1 Å². The van der Waals surface area contributed by atoms with Crippen molar-refractivity contribution in [2.75, 3.05) is 11.5 Å². The molecule has 0 heterocycles. The maximum absolute atomic E-state index is 5.76. The van der Waals surface area contributed by atoms with Gasteiger partial charge in [-0.05, 0) is 24.9 Å². The highest BCUT2D eigenvalue weighted by Gasteiger charge is 2.24. The van der Waals surface area contributed by atoms with E-state index in [1.54, 1.807) is 21.6 Å². The van der Waals surface area contributed by atoms with Crippen LogP contribution in [0, 0.1) is 0 Å². The minimum Gasteiger partial charge on any atom is -0.126 e. The van der Waals surface area contributed by atoms with Crippen LogP contribution in [0.5, 0.6) is 0 Å². The summed E-state index contributed by atoms with van der Waals surface area (Å²) in [4.78, 5) is 0. The van der Waals surface area contributed by atoms with Crippen molar-refractivity contribution in [2.24, 2.45) is 0 Å². The summed E-state index contributed by atoms with van der Waals surface area (Å²) in [6.07, 6.45) is 1.92. The van der Waals surface area contributed by atoms with Gasteiger partial charge in [-0.3, -0.25) is 0 Å². The van der Waals surface area contributed by atoms with Gasteiger partial charge >= 0.3 is 12.0 Å². The second kappa shape index (κ2) is 9.73. The maximum Gasteiger partial charge on any atom is 0.341 e. The fourth-order valence-electron chi connectivity index (χ4n) is 0.781. The van der Waals surface area contributed by atoms with Gasteiger partial charge in [0.25, 0.3) is 0 Å². The monoisotopic (exact) mass is 414 g/mol. The second-order valence-corrected chi connectivity index (χ2v) is 24.3. The first-order chi connectivity index (χ1) is 7.21. The van der Waals surface area contributed by atoms with Crippen LogP contribution in [0.25, 0.3) is 0 Å². The van der Waals surface area contributed by atoms with Crippen molar-refractivity contribution in [3.05, 3.63) is 0 Å². The van der Waals surface area contributed by atoms with Crippen molar-refractivity contribution < 1.29 is 0 Å². The highest BCUT2D eigenvalue weighted by Crippen LogP contribution is 2.32. The van der Waals surface area contributed by atoms with E-state index in [0.29, 0.717) is 0 Å². The number of hydrogen-bond acceptors (Lipinski definition) is 2. The molecular formula is C6H12Cl6S2Si2. The van der Waals surface area contributed by atoms with Crippen molar-refractivity contribution in [2.45, 2.75) is 24.9 Å². The number of hydrogen-bond donors (Lipinski definition) is 0. The molecule has 0 aliphatic heterocycles. The lowest BCUT2D eigenvalue weighted by atomic mass is 10.6. The van der Waals surface area contributed by atoms with E-state index >= 15 is 0 Å². The van der Waals surface area contributed by atoms with Crippen LogP contribution >= 0.6 is 88.1 Å². The average Bonchev–Trinajstić information content (AvgIpc) is 2.06. The van der Waals surface area contributed by atoms with E-state index in [2.05, 4.69) is 0 Å². The van der Waals surface area contributed by atoms with Crippen molar-refractivity contribution in [1.29, 1.82) is 0 Å². The molecule has 0 fully saturated rings. The molecular weight excluding hydrogens is 405 g/mol. The molecule has 0 spiro atoms. The lowest BCUT2D eigenvalue weighted by Crippen LogP contribution is -2.08. The third kappa shape index (κ3) is 16.9. The van der Waals surface area contributed by atoms with Crippen LogP contribution in [0.15, 0.2) is 0 Å². The van der Waals surface area contributed by atoms with Gasteiger partial charge in [0.2, 0.25) is 0 Å². The second-order valence-electron chi connectivity index (χ2n) is 3.08. The Morgan fingerprint density at radius 2 is 0.938 bits per heavy atom. The molecule has 0 aromatic rings. The van der Waals surface area contributed by atoms with Crippen molar-refractivity contribution in [3.63, 3.8) is 0 Å².